The predicted octanol–water partition coefficient (Wildman–Crippen LogP) is 1.91. The van der Waals surface area contributed by atoms with Crippen molar-refractivity contribution in [2.45, 2.75) is 38.1 Å². The molecule has 3 N–H and O–H groups in total. The molecule has 21 heavy (non-hydrogen) atoms. The van der Waals surface area contributed by atoms with Crippen molar-refractivity contribution in [2.24, 2.45) is 0 Å². The van der Waals surface area contributed by atoms with E-state index < -0.39 is 0 Å². The summed E-state index contributed by atoms with van der Waals surface area (Å²) < 4.78 is 0. The van der Waals surface area contributed by atoms with Gasteiger partial charge in [0.25, 0.3) is 5.91 Å². The Bertz CT molecular complexity index is 496. The molecule has 0 atom stereocenters. The zero-order valence-electron chi connectivity index (χ0n) is 12.4. The van der Waals surface area contributed by atoms with Crippen molar-refractivity contribution < 1.29 is 9.59 Å². The summed E-state index contributed by atoms with van der Waals surface area (Å²) >= 11 is 0. The predicted molar refractivity (Wildman–Crippen MR) is 83.3 cm³/mol. The van der Waals surface area contributed by atoms with Crippen LogP contribution in [0.2, 0.25) is 0 Å². The molecule has 0 bridgehead atoms. The molecule has 0 aromatic heterocycles. The van der Waals surface area contributed by atoms with Crippen LogP contribution in [0.4, 0.5) is 5.69 Å². The highest BCUT2D eigenvalue weighted by Crippen LogP contribution is 2.17. The molecule has 0 heterocycles. The van der Waals surface area contributed by atoms with Crippen molar-refractivity contribution in [3.8, 4) is 0 Å². The molecule has 1 fully saturated rings. The monoisotopic (exact) mass is 289 g/mol. The number of hydrogen-bond donors (Lipinski definition) is 3. The van der Waals surface area contributed by atoms with E-state index in [9.17, 15) is 9.59 Å². The molecule has 1 aromatic carbocycles. The van der Waals surface area contributed by atoms with E-state index in [-0.39, 0.29) is 11.8 Å². The van der Waals surface area contributed by atoms with Gasteiger partial charge in [-0.1, -0.05) is 25.3 Å². The standard InChI is InChI=1S/C16H23N3O2/c1-17-16(21)12-6-5-9-14(10-12)19-15(20)11-18-13-7-3-2-4-8-13/h5-6,9-10,13,18H,2-4,7-8,11H2,1H3,(H,17,21)(H,19,20). The van der Waals surface area contributed by atoms with Gasteiger partial charge < -0.3 is 16.0 Å². The van der Waals surface area contributed by atoms with Crippen LogP contribution in [0.1, 0.15) is 42.5 Å². The van der Waals surface area contributed by atoms with E-state index in [1.54, 1.807) is 31.3 Å². The molecule has 0 spiro atoms. The van der Waals surface area contributed by atoms with Gasteiger partial charge >= 0.3 is 0 Å². The molecule has 1 aliphatic rings. The van der Waals surface area contributed by atoms with Crippen LogP contribution in [-0.2, 0) is 4.79 Å². The summed E-state index contributed by atoms with van der Waals surface area (Å²) in [7, 11) is 1.59. The summed E-state index contributed by atoms with van der Waals surface area (Å²) in [6.07, 6.45) is 6.09. The van der Waals surface area contributed by atoms with Crippen molar-refractivity contribution in [3.63, 3.8) is 0 Å². The maximum atomic E-state index is 11.9. The minimum absolute atomic E-state index is 0.0744. The average molecular weight is 289 g/mol. The third-order valence-electron chi connectivity index (χ3n) is 3.79. The Balaban J connectivity index is 1.83. The Hall–Kier alpha value is -1.88. The van der Waals surface area contributed by atoms with Crippen molar-refractivity contribution in [2.75, 3.05) is 18.9 Å². The summed E-state index contributed by atoms with van der Waals surface area (Å²) in [4.78, 5) is 23.5. The summed E-state index contributed by atoms with van der Waals surface area (Å²) in [5, 5.41) is 8.68. The van der Waals surface area contributed by atoms with Gasteiger partial charge in [-0.3, -0.25) is 9.59 Å². The Labute approximate surface area is 125 Å². The molecule has 0 saturated heterocycles. The molecule has 0 aliphatic heterocycles. The van der Waals surface area contributed by atoms with Gasteiger partial charge in [0.1, 0.15) is 0 Å². The molecule has 2 amide bonds. The van der Waals surface area contributed by atoms with Crippen molar-refractivity contribution in [1.82, 2.24) is 10.6 Å². The second-order valence-electron chi connectivity index (χ2n) is 5.42. The lowest BCUT2D eigenvalue weighted by Gasteiger charge is -2.22. The molecule has 114 valence electrons. The van der Waals surface area contributed by atoms with E-state index in [0.717, 1.165) is 12.8 Å². The highest BCUT2D eigenvalue weighted by atomic mass is 16.2. The Kier molecular flexibility index (Phi) is 5.75. The number of benzene rings is 1. The van der Waals surface area contributed by atoms with Gasteiger partial charge in [0.05, 0.1) is 6.54 Å². The summed E-state index contributed by atoms with van der Waals surface area (Å²) in [5.41, 5.74) is 1.18. The minimum atomic E-state index is -0.161. The molecular formula is C16H23N3O2. The lowest BCUT2D eigenvalue weighted by atomic mass is 9.95. The van der Waals surface area contributed by atoms with Gasteiger partial charge in [-0.25, -0.2) is 0 Å². The topological polar surface area (TPSA) is 70.2 Å². The number of rotatable bonds is 5. The first-order valence-electron chi connectivity index (χ1n) is 7.54. The molecule has 1 aliphatic carbocycles. The largest absolute Gasteiger partial charge is 0.355 e. The Morgan fingerprint density at radius 3 is 2.67 bits per heavy atom. The molecule has 5 nitrogen and oxygen atoms in total. The average Bonchev–Trinajstić information content (AvgIpc) is 2.53. The fraction of sp³-hybridized carbons (Fsp3) is 0.500. The first kappa shape index (κ1) is 15.5. The Morgan fingerprint density at radius 2 is 1.95 bits per heavy atom. The van der Waals surface area contributed by atoms with Gasteiger partial charge in [0, 0.05) is 24.3 Å². The van der Waals surface area contributed by atoms with Gasteiger partial charge in [0.15, 0.2) is 0 Å². The first-order chi connectivity index (χ1) is 10.2. The van der Waals surface area contributed by atoms with Crippen molar-refractivity contribution >= 4 is 17.5 Å². The summed E-state index contributed by atoms with van der Waals surface area (Å²) in [6.45, 7) is 0.314. The number of carbonyl (C=O) groups excluding carboxylic acids is 2. The fourth-order valence-corrected chi connectivity index (χ4v) is 2.63. The molecule has 1 saturated carbocycles. The molecule has 1 aromatic rings. The van der Waals surface area contributed by atoms with Gasteiger partial charge in [0.2, 0.25) is 5.91 Å². The fourth-order valence-electron chi connectivity index (χ4n) is 2.63. The number of hydrogen-bond acceptors (Lipinski definition) is 3. The van der Waals surface area contributed by atoms with Gasteiger partial charge in [-0.2, -0.15) is 0 Å². The third kappa shape index (κ3) is 4.86. The van der Waals surface area contributed by atoms with Crippen LogP contribution in [-0.4, -0.2) is 31.4 Å². The van der Waals surface area contributed by atoms with Crippen LogP contribution in [0.5, 0.6) is 0 Å². The number of amides is 2. The van der Waals surface area contributed by atoms with E-state index in [4.69, 9.17) is 0 Å². The molecule has 2 rings (SSSR count). The molecule has 0 unspecified atom stereocenters. The van der Waals surface area contributed by atoms with Gasteiger partial charge in [-0.05, 0) is 31.0 Å². The SMILES string of the molecule is CNC(=O)c1cccc(NC(=O)CNC2CCCCC2)c1. The quantitative estimate of drug-likeness (QED) is 0.775. The highest BCUT2D eigenvalue weighted by Gasteiger charge is 2.14. The normalized spacial score (nSPS) is 15.5. The van der Waals surface area contributed by atoms with E-state index in [1.165, 1.54) is 19.3 Å². The second kappa shape index (κ2) is 7.78. The first-order valence-corrected chi connectivity index (χ1v) is 7.54. The van der Waals surface area contributed by atoms with Crippen LogP contribution >= 0.6 is 0 Å². The van der Waals surface area contributed by atoms with E-state index in [2.05, 4.69) is 16.0 Å². The summed E-state index contributed by atoms with van der Waals surface area (Å²) in [5.74, 6) is -0.235. The van der Waals surface area contributed by atoms with Crippen molar-refractivity contribution in [1.29, 1.82) is 0 Å². The van der Waals surface area contributed by atoms with E-state index in [0.29, 0.717) is 23.8 Å². The van der Waals surface area contributed by atoms with Crippen molar-refractivity contribution in [3.05, 3.63) is 29.8 Å². The number of carbonyl (C=O) groups is 2. The van der Waals surface area contributed by atoms with E-state index in [1.807, 2.05) is 0 Å². The van der Waals surface area contributed by atoms with Gasteiger partial charge in [-0.15, -0.1) is 0 Å². The van der Waals surface area contributed by atoms with Crippen LogP contribution in [0, 0.1) is 0 Å². The lowest BCUT2D eigenvalue weighted by Crippen LogP contribution is -2.37. The number of anilines is 1. The summed E-state index contributed by atoms with van der Waals surface area (Å²) in [6, 6.07) is 7.40. The molecule has 5 heteroatoms. The van der Waals surface area contributed by atoms with Crippen LogP contribution in [0.3, 0.4) is 0 Å². The third-order valence-corrected chi connectivity index (χ3v) is 3.79. The number of nitrogens with one attached hydrogen (secondary N) is 3. The zero-order valence-corrected chi connectivity index (χ0v) is 12.4. The maximum Gasteiger partial charge on any atom is 0.251 e. The minimum Gasteiger partial charge on any atom is -0.355 e. The maximum absolute atomic E-state index is 11.9. The van der Waals surface area contributed by atoms with Crippen LogP contribution in [0.15, 0.2) is 24.3 Å². The van der Waals surface area contributed by atoms with Crippen LogP contribution < -0.4 is 16.0 Å². The zero-order chi connectivity index (χ0) is 15.1. The highest BCUT2D eigenvalue weighted by molar-refractivity contribution is 5.97. The lowest BCUT2D eigenvalue weighted by molar-refractivity contribution is -0.115. The second-order valence-corrected chi connectivity index (χ2v) is 5.42. The van der Waals surface area contributed by atoms with E-state index >= 15 is 0 Å². The molecular weight excluding hydrogens is 266 g/mol. The van der Waals surface area contributed by atoms with Crippen LogP contribution in [0.25, 0.3) is 0 Å². The smallest absolute Gasteiger partial charge is 0.251 e. The molecule has 0 radical (unpaired) electrons. The Morgan fingerprint density at radius 1 is 1.19 bits per heavy atom.